The zero-order valence-electron chi connectivity index (χ0n) is 10.4. The number of rotatable bonds is 3. The van der Waals surface area contributed by atoms with E-state index in [9.17, 15) is 19.7 Å². The summed E-state index contributed by atoms with van der Waals surface area (Å²) in [6.07, 6.45) is 1.26. The van der Waals surface area contributed by atoms with E-state index in [0.717, 1.165) is 0 Å². The van der Waals surface area contributed by atoms with Crippen LogP contribution in [0, 0.1) is 10.1 Å². The van der Waals surface area contributed by atoms with Crippen molar-refractivity contribution in [2.24, 2.45) is 5.73 Å². The monoisotopic (exact) mass is 341 g/mol. The van der Waals surface area contributed by atoms with Crippen LogP contribution in [0.1, 0.15) is 23.2 Å². The number of nitrogens with two attached hydrogens (primary N) is 1. The van der Waals surface area contributed by atoms with Gasteiger partial charge in [0.2, 0.25) is 5.91 Å². The summed E-state index contributed by atoms with van der Waals surface area (Å²) in [6, 6.07) is 3.29. The molecule has 0 aromatic heterocycles. The maximum absolute atomic E-state index is 12.4. The first-order chi connectivity index (χ1) is 9.41. The Balaban J connectivity index is 2.29. The Hall–Kier alpha value is -1.96. The van der Waals surface area contributed by atoms with Crippen LogP contribution in [0.4, 0.5) is 5.69 Å². The third-order valence-electron chi connectivity index (χ3n) is 3.24. The maximum Gasteiger partial charge on any atom is 0.270 e. The lowest BCUT2D eigenvalue weighted by Gasteiger charge is -2.22. The van der Waals surface area contributed by atoms with Crippen molar-refractivity contribution in [1.82, 2.24) is 4.90 Å². The highest BCUT2D eigenvalue weighted by Gasteiger charge is 2.34. The second-order valence-electron chi connectivity index (χ2n) is 4.48. The molecule has 20 heavy (non-hydrogen) atoms. The molecule has 2 N–H and O–H groups in total. The predicted molar refractivity (Wildman–Crippen MR) is 74.0 cm³/mol. The number of nitro groups is 1. The van der Waals surface area contributed by atoms with E-state index in [4.69, 9.17) is 5.73 Å². The zero-order valence-corrected chi connectivity index (χ0v) is 12.0. The summed E-state index contributed by atoms with van der Waals surface area (Å²) in [5.41, 5.74) is 5.44. The Morgan fingerprint density at radius 1 is 1.45 bits per heavy atom. The molecule has 1 aromatic rings. The number of carbonyl (C=O) groups is 2. The van der Waals surface area contributed by atoms with Gasteiger partial charge in [-0.15, -0.1) is 0 Å². The number of nitro benzene ring substituents is 1. The van der Waals surface area contributed by atoms with Gasteiger partial charge in [-0.05, 0) is 34.8 Å². The number of halogens is 1. The summed E-state index contributed by atoms with van der Waals surface area (Å²) in [5, 5.41) is 10.7. The minimum absolute atomic E-state index is 0.110. The molecule has 8 heteroatoms. The van der Waals surface area contributed by atoms with Crippen molar-refractivity contribution in [1.29, 1.82) is 0 Å². The number of non-ortho nitro benzene ring substituents is 1. The van der Waals surface area contributed by atoms with Crippen LogP contribution in [-0.2, 0) is 4.79 Å². The van der Waals surface area contributed by atoms with Crippen LogP contribution in [-0.4, -0.2) is 34.2 Å². The Bertz CT molecular complexity index is 590. The highest BCUT2D eigenvalue weighted by Crippen LogP contribution is 2.27. The van der Waals surface area contributed by atoms with Gasteiger partial charge in [0.15, 0.2) is 0 Å². The van der Waals surface area contributed by atoms with Crippen LogP contribution < -0.4 is 5.73 Å². The summed E-state index contributed by atoms with van der Waals surface area (Å²) in [4.78, 5) is 35.2. The van der Waals surface area contributed by atoms with Crippen molar-refractivity contribution in [3.63, 3.8) is 0 Å². The van der Waals surface area contributed by atoms with Gasteiger partial charge in [-0.2, -0.15) is 0 Å². The molecule has 1 saturated heterocycles. The maximum atomic E-state index is 12.4. The van der Waals surface area contributed by atoms with Gasteiger partial charge < -0.3 is 10.6 Å². The number of primary amides is 1. The number of nitrogens with zero attached hydrogens (tertiary/aromatic N) is 2. The summed E-state index contributed by atoms with van der Waals surface area (Å²) < 4.78 is 0.326. The summed E-state index contributed by atoms with van der Waals surface area (Å²) >= 11 is 3.15. The third kappa shape index (κ3) is 2.64. The molecule has 0 radical (unpaired) electrons. The Kier molecular flexibility index (Phi) is 4.03. The lowest BCUT2D eigenvalue weighted by molar-refractivity contribution is -0.384. The Labute approximate surface area is 123 Å². The van der Waals surface area contributed by atoms with Crippen molar-refractivity contribution < 1.29 is 14.5 Å². The van der Waals surface area contributed by atoms with Crippen molar-refractivity contribution in [3.8, 4) is 0 Å². The SMILES string of the molecule is NC(=O)[C@H]1CCCN1C(=O)c1ccc([N+](=O)[O-])cc1Br. The van der Waals surface area contributed by atoms with Crippen LogP contribution >= 0.6 is 15.9 Å². The van der Waals surface area contributed by atoms with Crippen LogP contribution in [0.2, 0.25) is 0 Å². The number of carbonyl (C=O) groups excluding carboxylic acids is 2. The highest BCUT2D eigenvalue weighted by atomic mass is 79.9. The Morgan fingerprint density at radius 3 is 2.70 bits per heavy atom. The lowest BCUT2D eigenvalue weighted by atomic mass is 10.1. The first-order valence-corrected chi connectivity index (χ1v) is 6.75. The molecular formula is C12H12BrN3O4. The molecule has 0 spiro atoms. The highest BCUT2D eigenvalue weighted by molar-refractivity contribution is 9.10. The van der Waals surface area contributed by atoms with E-state index in [2.05, 4.69) is 15.9 Å². The van der Waals surface area contributed by atoms with Crippen molar-refractivity contribution in [3.05, 3.63) is 38.3 Å². The van der Waals surface area contributed by atoms with Gasteiger partial charge in [0.25, 0.3) is 11.6 Å². The van der Waals surface area contributed by atoms with Crippen LogP contribution in [0.3, 0.4) is 0 Å². The molecule has 1 aliphatic rings. The molecular weight excluding hydrogens is 330 g/mol. The molecule has 0 bridgehead atoms. The predicted octanol–water partition coefficient (Wildman–Crippen LogP) is 1.45. The molecule has 1 atom stereocenters. The van der Waals surface area contributed by atoms with Gasteiger partial charge in [-0.25, -0.2) is 0 Å². The molecule has 0 saturated carbocycles. The number of benzene rings is 1. The second kappa shape index (κ2) is 5.58. The molecule has 0 unspecified atom stereocenters. The smallest absolute Gasteiger partial charge is 0.270 e. The first-order valence-electron chi connectivity index (χ1n) is 5.96. The minimum Gasteiger partial charge on any atom is -0.368 e. The average Bonchev–Trinajstić information content (AvgIpc) is 2.87. The van der Waals surface area contributed by atoms with Gasteiger partial charge in [-0.1, -0.05) is 0 Å². The minimum atomic E-state index is -0.607. The fourth-order valence-corrected chi connectivity index (χ4v) is 2.79. The topological polar surface area (TPSA) is 107 Å². The first kappa shape index (κ1) is 14.4. The third-order valence-corrected chi connectivity index (χ3v) is 3.89. The summed E-state index contributed by atoms with van der Waals surface area (Å²) in [5.74, 6) is -0.887. The number of hydrogen-bond donors (Lipinski definition) is 1. The molecule has 7 nitrogen and oxygen atoms in total. The van der Waals surface area contributed by atoms with Gasteiger partial charge in [0.1, 0.15) is 6.04 Å². The molecule has 0 aliphatic carbocycles. The lowest BCUT2D eigenvalue weighted by Crippen LogP contribution is -2.43. The molecule has 2 rings (SSSR count). The van der Waals surface area contributed by atoms with Crippen molar-refractivity contribution >= 4 is 33.4 Å². The molecule has 1 heterocycles. The van der Waals surface area contributed by atoms with Crippen LogP contribution in [0.15, 0.2) is 22.7 Å². The number of amides is 2. The molecule has 1 fully saturated rings. The quantitative estimate of drug-likeness (QED) is 0.663. The van der Waals surface area contributed by atoms with Gasteiger partial charge >= 0.3 is 0 Å². The molecule has 1 aliphatic heterocycles. The molecule has 2 amide bonds. The Morgan fingerprint density at radius 2 is 2.15 bits per heavy atom. The van der Waals surface area contributed by atoms with E-state index in [0.29, 0.717) is 23.9 Å². The van der Waals surface area contributed by atoms with Gasteiger partial charge in [0.05, 0.1) is 10.5 Å². The van der Waals surface area contributed by atoms with Crippen molar-refractivity contribution in [2.45, 2.75) is 18.9 Å². The van der Waals surface area contributed by atoms with E-state index in [1.165, 1.54) is 23.1 Å². The van der Waals surface area contributed by atoms with E-state index >= 15 is 0 Å². The normalized spacial score (nSPS) is 18.1. The zero-order chi connectivity index (χ0) is 14.9. The molecule has 106 valence electrons. The average molecular weight is 342 g/mol. The van der Waals surface area contributed by atoms with E-state index in [1.54, 1.807) is 0 Å². The fraction of sp³-hybridized carbons (Fsp3) is 0.333. The second-order valence-corrected chi connectivity index (χ2v) is 5.33. The molecule has 1 aromatic carbocycles. The van der Waals surface area contributed by atoms with E-state index < -0.39 is 16.9 Å². The van der Waals surface area contributed by atoms with Crippen LogP contribution in [0.5, 0.6) is 0 Å². The van der Waals surface area contributed by atoms with E-state index in [-0.39, 0.29) is 17.2 Å². The van der Waals surface area contributed by atoms with Crippen molar-refractivity contribution in [2.75, 3.05) is 6.54 Å². The van der Waals surface area contributed by atoms with E-state index in [1.807, 2.05) is 0 Å². The van der Waals surface area contributed by atoms with Crippen LogP contribution in [0.25, 0.3) is 0 Å². The largest absolute Gasteiger partial charge is 0.368 e. The number of likely N-dealkylation sites (tertiary alicyclic amines) is 1. The van der Waals surface area contributed by atoms with Gasteiger partial charge in [0, 0.05) is 23.2 Å². The standard InChI is InChI=1S/C12H12BrN3O4/c13-9-6-7(16(19)20)3-4-8(9)12(18)15-5-1-2-10(15)11(14)17/h3-4,6,10H,1-2,5H2,(H2,14,17)/t10-/m1/s1. The fourth-order valence-electron chi connectivity index (χ4n) is 2.25. The summed E-state index contributed by atoms with van der Waals surface area (Å²) in [6.45, 7) is 0.454. The summed E-state index contributed by atoms with van der Waals surface area (Å²) in [7, 11) is 0. The van der Waals surface area contributed by atoms with Gasteiger partial charge in [-0.3, -0.25) is 19.7 Å². The number of hydrogen-bond acceptors (Lipinski definition) is 4.